The van der Waals surface area contributed by atoms with Crippen molar-refractivity contribution in [2.75, 3.05) is 49.6 Å². The predicted octanol–water partition coefficient (Wildman–Crippen LogP) is 2.67. The summed E-state index contributed by atoms with van der Waals surface area (Å²) in [6, 6.07) is 15.1. The van der Waals surface area contributed by atoms with Crippen LogP contribution in [0.25, 0.3) is 5.69 Å². The summed E-state index contributed by atoms with van der Waals surface area (Å²) < 4.78 is 20.0. The minimum atomic E-state index is -0.272. The Morgan fingerprint density at radius 2 is 1.76 bits per heavy atom. The van der Waals surface area contributed by atoms with E-state index in [1.807, 2.05) is 12.1 Å². The highest BCUT2D eigenvalue weighted by Crippen LogP contribution is 2.24. The average molecular weight is 394 g/mol. The van der Waals surface area contributed by atoms with E-state index in [2.05, 4.69) is 37.3 Å². The highest BCUT2D eigenvalue weighted by atomic mass is 19.1. The van der Waals surface area contributed by atoms with Gasteiger partial charge >= 0.3 is 0 Å². The zero-order valence-corrected chi connectivity index (χ0v) is 16.0. The van der Waals surface area contributed by atoms with Gasteiger partial charge in [-0.3, -0.25) is 4.90 Å². The zero-order valence-electron chi connectivity index (χ0n) is 16.0. The lowest BCUT2D eigenvalue weighted by molar-refractivity contribution is -0.0660. The standard InChI is InChI=1S/C21H23FN6O/c22-16-4-6-18(7-5-16)28-15-23-21(25-28)24-17-2-1-3-19(12-17)26-8-10-27(11-9-26)20-13-29-14-20/h1-7,12,15,20H,8-11,13-14H2,(H,24,25). The van der Waals surface area contributed by atoms with Crippen LogP contribution in [-0.2, 0) is 4.74 Å². The maximum atomic E-state index is 13.1. The third-order valence-corrected chi connectivity index (χ3v) is 5.50. The molecule has 2 saturated heterocycles. The van der Waals surface area contributed by atoms with E-state index < -0.39 is 0 Å². The Labute approximate surface area is 168 Å². The first-order valence-corrected chi connectivity index (χ1v) is 9.86. The van der Waals surface area contributed by atoms with Crippen LogP contribution in [0.4, 0.5) is 21.7 Å². The number of anilines is 3. The van der Waals surface area contributed by atoms with E-state index in [-0.39, 0.29) is 5.82 Å². The van der Waals surface area contributed by atoms with Crippen molar-refractivity contribution in [1.29, 1.82) is 0 Å². The van der Waals surface area contributed by atoms with Gasteiger partial charge in [-0.2, -0.15) is 4.98 Å². The summed E-state index contributed by atoms with van der Waals surface area (Å²) in [5.41, 5.74) is 2.89. The molecule has 1 aromatic heterocycles. The Kier molecular flexibility index (Phi) is 4.87. The van der Waals surface area contributed by atoms with Crippen LogP contribution in [0.1, 0.15) is 0 Å². The molecule has 2 aromatic carbocycles. The number of nitrogens with one attached hydrogen (secondary N) is 1. The monoisotopic (exact) mass is 394 g/mol. The van der Waals surface area contributed by atoms with Gasteiger partial charge in [0, 0.05) is 37.6 Å². The Balaban J connectivity index is 1.24. The predicted molar refractivity (Wildman–Crippen MR) is 109 cm³/mol. The van der Waals surface area contributed by atoms with E-state index in [4.69, 9.17) is 4.74 Å². The van der Waals surface area contributed by atoms with Crippen molar-refractivity contribution in [1.82, 2.24) is 19.7 Å². The van der Waals surface area contributed by atoms with Crippen molar-refractivity contribution >= 4 is 17.3 Å². The Bertz CT molecular complexity index is 963. The molecule has 0 aliphatic carbocycles. The van der Waals surface area contributed by atoms with E-state index in [1.54, 1.807) is 23.1 Å². The van der Waals surface area contributed by atoms with Crippen LogP contribution in [0.3, 0.4) is 0 Å². The first-order valence-electron chi connectivity index (χ1n) is 9.86. The van der Waals surface area contributed by atoms with Crippen LogP contribution < -0.4 is 10.2 Å². The summed E-state index contributed by atoms with van der Waals surface area (Å²) in [4.78, 5) is 9.24. The SMILES string of the molecule is Fc1ccc(-n2cnc(Nc3cccc(N4CCN(C5COC5)CC4)c3)n2)cc1. The molecule has 5 rings (SSSR count). The number of piperazine rings is 1. The molecule has 0 amide bonds. The molecule has 0 spiro atoms. The van der Waals surface area contributed by atoms with Crippen molar-refractivity contribution in [3.05, 3.63) is 60.7 Å². The number of rotatable bonds is 5. The molecule has 29 heavy (non-hydrogen) atoms. The Morgan fingerprint density at radius 1 is 0.966 bits per heavy atom. The largest absolute Gasteiger partial charge is 0.378 e. The van der Waals surface area contributed by atoms with Crippen LogP contribution >= 0.6 is 0 Å². The van der Waals surface area contributed by atoms with Gasteiger partial charge in [0.1, 0.15) is 12.1 Å². The Hall–Kier alpha value is -2.97. The maximum absolute atomic E-state index is 13.1. The van der Waals surface area contributed by atoms with Crippen LogP contribution in [0.5, 0.6) is 0 Å². The minimum absolute atomic E-state index is 0.272. The van der Waals surface area contributed by atoms with Gasteiger partial charge in [0.2, 0.25) is 5.95 Å². The molecule has 2 fully saturated rings. The summed E-state index contributed by atoms with van der Waals surface area (Å²) in [6.45, 7) is 5.90. The van der Waals surface area contributed by atoms with Gasteiger partial charge in [0.05, 0.1) is 24.9 Å². The summed E-state index contributed by atoms with van der Waals surface area (Å²) in [5, 5.41) is 7.69. The van der Waals surface area contributed by atoms with Crippen LogP contribution in [0.2, 0.25) is 0 Å². The number of hydrogen-bond donors (Lipinski definition) is 1. The Morgan fingerprint density at radius 3 is 2.48 bits per heavy atom. The van der Waals surface area contributed by atoms with Gasteiger partial charge in [-0.1, -0.05) is 6.07 Å². The first kappa shape index (κ1) is 18.1. The first-order chi connectivity index (χ1) is 14.2. The van der Waals surface area contributed by atoms with Crippen molar-refractivity contribution < 1.29 is 9.13 Å². The molecule has 1 N–H and O–H groups in total. The maximum Gasteiger partial charge on any atom is 0.246 e. The topological polar surface area (TPSA) is 58.5 Å². The summed E-state index contributed by atoms with van der Waals surface area (Å²) in [5.74, 6) is 0.229. The molecule has 0 unspecified atom stereocenters. The number of ether oxygens (including phenoxy) is 1. The number of hydrogen-bond acceptors (Lipinski definition) is 6. The molecule has 0 radical (unpaired) electrons. The molecule has 3 aromatic rings. The number of aromatic nitrogens is 3. The summed E-state index contributed by atoms with van der Waals surface area (Å²) in [6.07, 6.45) is 1.61. The fourth-order valence-electron chi connectivity index (χ4n) is 3.73. The molecule has 0 saturated carbocycles. The molecular weight excluding hydrogens is 371 g/mol. The second-order valence-electron chi connectivity index (χ2n) is 7.38. The smallest absolute Gasteiger partial charge is 0.246 e. The summed E-state index contributed by atoms with van der Waals surface area (Å²) in [7, 11) is 0. The molecule has 7 nitrogen and oxygen atoms in total. The van der Waals surface area contributed by atoms with Gasteiger partial charge in [-0.05, 0) is 42.5 Å². The minimum Gasteiger partial charge on any atom is -0.378 e. The van der Waals surface area contributed by atoms with E-state index in [1.165, 1.54) is 17.8 Å². The quantitative estimate of drug-likeness (QED) is 0.718. The van der Waals surface area contributed by atoms with Gasteiger partial charge in [0.25, 0.3) is 0 Å². The normalized spacial score (nSPS) is 17.9. The lowest BCUT2D eigenvalue weighted by Gasteiger charge is -2.43. The molecule has 150 valence electrons. The van der Waals surface area contributed by atoms with Gasteiger partial charge in [-0.15, -0.1) is 5.10 Å². The van der Waals surface area contributed by atoms with Crippen LogP contribution in [-0.4, -0.2) is 65.1 Å². The third-order valence-electron chi connectivity index (χ3n) is 5.50. The van der Waals surface area contributed by atoms with Crippen molar-refractivity contribution in [3.63, 3.8) is 0 Å². The molecule has 0 atom stereocenters. The van der Waals surface area contributed by atoms with Gasteiger partial charge in [-0.25, -0.2) is 9.07 Å². The molecular formula is C21H23FN6O. The summed E-state index contributed by atoms with van der Waals surface area (Å²) >= 11 is 0. The number of halogens is 1. The van der Waals surface area contributed by atoms with Crippen molar-refractivity contribution in [2.45, 2.75) is 6.04 Å². The zero-order chi connectivity index (χ0) is 19.6. The fourth-order valence-corrected chi connectivity index (χ4v) is 3.73. The van der Waals surface area contributed by atoms with Crippen molar-refractivity contribution in [3.8, 4) is 5.69 Å². The van der Waals surface area contributed by atoms with Crippen LogP contribution in [0, 0.1) is 5.82 Å². The van der Waals surface area contributed by atoms with Gasteiger partial charge in [0.15, 0.2) is 0 Å². The molecule has 2 aliphatic rings. The van der Waals surface area contributed by atoms with Crippen LogP contribution in [0.15, 0.2) is 54.9 Å². The van der Waals surface area contributed by atoms with E-state index >= 15 is 0 Å². The number of nitrogens with zero attached hydrogens (tertiary/aromatic N) is 5. The van der Waals surface area contributed by atoms with E-state index in [0.717, 1.165) is 50.8 Å². The molecule has 0 bridgehead atoms. The lowest BCUT2D eigenvalue weighted by atomic mass is 10.1. The van der Waals surface area contributed by atoms with E-state index in [0.29, 0.717) is 12.0 Å². The second-order valence-corrected chi connectivity index (χ2v) is 7.38. The number of benzene rings is 2. The lowest BCUT2D eigenvalue weighted by Crippen LogP contribution is -2.56. The van der Waals surface area contributed by atoms with Gasteiger partial charge < -0.3 is 15.0 Å². The van der Waals surface area contributed by atoms with E-state index in [9.17, 15) is 4.39 Å². The fraction of sp³-hybridized carbons (Fsp3) is 0.333. The third kappa shape index (κ3) is 3.94. The molecule has 2 aliphatic heterocycles. The second kappa shape index (κ2) is 7.81. The molecule has 8 heteroatoms. The molecule has 3 heterocycles. The highest BCUT2D eigenvalue weighted by molar-refractivity contribution is 5.62. The average Bonchev–Trinajstić information content (AvgIpc) is 3.16. The van der Waals surface area contributed by atoms with Crippen molar-refractivity contribution in [2.24, 2.45) is 0 Å². The highest BCUT2D eigenvalue weighted by Gasteiger charge is 2.28.